The van der Waals surface area contributed by atoms with Gasteiger partial charge in [-0.1, -0.05) is 18.2 Å². The van der Waals surface area contributed by atoms with Crippen LogP contribution in [0.2, 0.25) is 0 Å². The predicted molar refractivity (Wildman–Crippen MR) is 81.1 cm³/mol. The molecule has 1 aromatic heterocycles. The molecule has 3 rings (SSSR count). The number of fused-ring (bicyclic) bond motifs is 1. The molecule has 4 nitrogen and oxygen atoms in total. The molecule has 4 heteroatoms. The smallest absolute Gasteiger partial charge is 0.335 e. The van der Waals surface area contributed by atoms with Crippen molar-refractivity contribution in [3.05, 3.63) is 65.4 Å². The summed E-state index contributed by atoms with van der Waals surface area (Å²) in [5.74, 6) is -0.353. The zero-order valence-corrected chi connectivity index (χ0v) is 11.6. The van der Waals surface area contributed by atoms with E-state index in [2.05, 4.69) is 23.2 Å². The van der Waals surface area contributed by atoms with Gasteiger partial charge in [0.25, 0.3) is 0 Å². The van der Waals surface area contributed by atoms with Gasteiger partial charge >= 0.3 is 5.97 Å². The van der Waals surface area contributed by atoms with Crippen LogP contribution in [0.25, 0.3) is 10.9 Å². The van der Waals surface area contributed by atoms with Crippen molar-refractivity contribution in [3.63, 3.8) is 0 Å². The molecule has 0 aliphatic rings. The van der Waals surface area contributed by atoms with E-state index in [4.69, 9.17) is 9.84 Å². The summed E-state index contributed by atoms with van der Waals surface area (Å²) in [4.78, 5) is 14.2. The minimum Gasteiger partial charge on any atom is -0.496 e. The van der Waals surface area contributed by atoms with Crippen molar-refractivity contribution < 1.29 is 14.6 Å². The first-order chi connectivity index (χ1) is 10.2. The Morgan fingerprint density at radius 2 is 2.05 bits per heavy atom. The Hall–Kier alpha value is -2.75. The number of aromatic amines is 1. The van der Waals surface area contributed by atoms with Crippen LogP contribution in [-0.4, -0.2) is 23.2 Å². The van der Waals surface area contributed by atoms with Gasteiger partial charge in [0.05, 0.1) is 12.7 Å². The van der Waals surface area contributed by atoms with Crippen molar-refractivity contribution in [1.82, 2.24) is 4.98 Å². The van der Waals surface area contributed by atoms with Gasteiger partial charge in [0, 0.05) is 18.1 Å². The highest BCUT2D eigenvalue weighted by Crippen LogP contribution is 2.24. The lowest BCUT2D eigenvalue weighted by Gasteiger charge is -2.10. The second-order valence-electron chi connectivity index (χ2n) is 4.91. The molecule has 0 fully saturated rings. The topological polar surface area (TPSA) is 62.3 Å². The maximum absolute atomic E-state index is 11.0. The second kappa shape index (κ2) is 5.32. The Bertz CT molecular complexity index is 805. The van der Waals surface area contributed by atoms with E-state index in [-0.39, 0.29) is 5.56 Å². The number of carbonyl (C=O) groups is 1. The van der Waals surface area contributed by atoms with Crippen molar-refractivity contribution >= 4 is 16.9 Å². The average Bonchev–Trinajstić information content (AvgIpc) is 2.95. The first-order valence-corrected chi connectivity index (χ1v) is 6.63. The van der Waals surface area contributed by atoms with Gasteiger partial charge in [-0.15, -0.1) is 0 Å². The number of benzene rings is 2. The maximum Gasteiger partial charge on any atom is 0.335 e. The molecule has 0 spiro atoms. The van der Waals surface area contributed by atoms with Gasteiger partial charge < -0.3 is 14.8 Å². The number of H-pyrrole nitrogens is 1. The number of methoxy groups -OCH3 is 1. The SMILES string of the molecule is COc1cc(C(=O)O)ccc1Cc1ccc2cc[nH]c2c1. The Morgan fingerprint density at radius 3 is 2.81 bits per heavy atom. The normalized spacial score (nSPS) is 10.7. The summed E-state index contributed by atoms with van der Waals surface area (Å²) in [6.07, 6.45) is 2.61. The number of hydrogen-bond donors (Lipinski definition) is 2. The number of aromatic nitrogens is 1. The van der Waals surface area contributed by atoms with E-state index in [0.29, 0.717) is 12.2 Å². The van der Waals surface area contributed by atoms with Crippen LogP contribution in [0.3, 0.4) is 0 Å². The first-order valence-electron chi connectivity index (χ1n) is 6.63. The van der Waals surface area contributed by atoms with E-state index >= 15 is 0 Å². The molecule has 1 heterocycles. The zero-order chi connectivity index (χ0) is 14.8. The highest BCUT2D eigenvalue weighted by Gasteiger charge is 2.10. The lowest BCUT2D eigenvalue weighted by molar-refractivity contribution is 0.0696. The quantitative estimate of drug-likeness (QED) is 0.769. The van der Waals surface area contributed by atoms with E-state index in [0.717, 1.165) is 16.6 Å². The molecule has 0 saturated heterocycles. The first kappa shape index (κ1) is 13.2. The molecule has 21 heavy (non-hydrogen) atoms. The van der Waals surface area contributed by atoms with Crippen LogP contribution in [0.15, 0.2) is 48.7 Å². The molecule has 0 aliphatic heterocycles. The number of ether oxygens (including phenoxy) is 1. The fourth-order valence-electron chi connectivity index (χ4n) is 2.45. The zero-order valence-electron chi connectivity index (χ0n) is 11.6. The van der Waals surface area contributed by atoms with Crippen LogP contribution in [0.4, 0.5) is 0 Å². The van der Waals surface area contributed by atoms with Gasteiger partial charge in [0.1, 0.15) is 5.75 Å². The minimum atomic E-state index is -0.951. The Kier molecular flexibility index (Phi) is 3.36. The standard InChI is InChI=1S/C17H15NO3/c1-21-16-10-14(17(19)20)5-4-13(16)8-11-2-3-12-6-7-18-15(12)9-11/h2-7,9-10,18H,8H2,1H3,(H,19,20). The van der Waals surface area contributed by atoms with E-state index in [1.54, 1.807) is 25.3 Å². The number of carboxylic acids is 1. The number of nitrogens with one attached hydrogen (secondary N) is 1. The molecule has 3 aromatic rings. The second-order valence-corrected chi connectivity index (χ2v) is 4.91. The maximum atomic E-state index is 11.0. The molecule has 0 saturated carbocycles. The molecule has 0 bridgehead atoms. The van der Waals surface area contributed by atoms with Crippen LogP contribution < -0.4 is 4.74 Å². The van der Waals surface area contributed by atoms with E-state index in [1.165, 1.54) is 5.39 Å². The third-order valence-electron chi connectivity index (χ3n) is 3.55. The molecule has 0 radical (unpaired) electrons. The van der Waals surface area contributed by atoms with Crippen LogP contribution >= 0.6 is 0 Å². The Balaban J connectivity index is 1.94. The third kappa shape index (κ3) is 2.60. The number of hydrogen-bond acceptors (Lipinski definition) is 2. The van der Waals surface area contributed by atoms with Crippen LogP contribution in [0, 0.1) is 0 Å². The summed E-state index contributed by atoms with van der Waals surface area (Å²) >= 11 is 0. The summed E-state index contributed by atoms with van der Waals surface area (Å²) in [6.45, 7) is 0. The van der Waals surface area contributed by atoms with Crippen molar-refractivity contribution in [2.45, 2.75) is 6.42 Å². The molecule has 2 aromatic carbocycles. The third-order valence-corrected chi connectivity index (χ3v) is 3.55. The van der Waals surface area contributed by atoms with Crippen LogP contribution in [0.1, 0.15) is 21.5 Å². The molecule has 106 valence electrons. The molecule has 0 aliphatic carbocycles. The minimum absolute atomic E-state index is 0.232. The van der Waals surface area contributed by atoms with E-state index in [9.17, 15) is 4.79 Å². The largest absolute Gasteiger partial charge is 0.496 e. The molecular formula is C17H15NO3. The fourth-order valence-corrected chi connectivity index (χ4v) is 2.45. The number of aromatic carboxylic acids is 1. The highest BCUT2D eigenvalue weighted by atomic mass is 16.5. The van der Waals surface area contributed by atoms with Crippen LogP contribution in [0.5, 0.6) is 5.75 Å². The van der Waals surface area contributed by atoms with Gasteiger partial charge in [-0.3, -0.25) is 0 Å². The lowest BCUT2D eigenvalue weighted by atomic mass is 10.0. The summed E-state index contributed by atoms with van der Waals surface area (Å²) in [6, 6.07) is 13.2. The molecule has 0 amide bonds. The van der Waals surface area contributed by atoms with E-state index in [1.807, 2.05) is 12.3 Å². The lowest BCUT2D eigenvalue weighted by Crippen LogP contribution is -2.00. The van der Waals surface area contributed by atoms with Crippen molar-refractivity contribution in [1.29, 1.82) is 0 Å². The highest BCUT2D eigenvalue weighted by molar-refractivity contribution is 5.88. The number of carboxylic acid groups (broad SMARTS) is 1. The Morgan fingerprint density at radius 1 is 1.19 bits per heavy atom. The number of rotatable bonds is 4. The van der Waals surface area contributed by atoms with Gasteiger partial charge in [0.15, 0.2) is 0 Å². The Labute approximate surface area is 122 Å². The molecule has 0 unspecified atom stereocenters. The van der Waals surface area contributed by atoms with Gasteiger partial charge in [-0.05, 0) is 40.8 Å². The van der Waals surface area contributed by atoms with Gasteiger partial charge in [-0.2, -0.15) is 0 Å². The molecular weight excluding hydrogens is 266 g/mol. The summed E-state index contributed by atoms with van der Waals surface area (Å²) in [5.41, 5.74) is 3.43. The fraction of sp³-hybridized carbons (Fsp3) is 0.118. The van der Waals surface area contributed by atoms with Gasteiger partial charge in [0.2, 0.25) is 0 Å². The predicted octanol–water partition coefficient (Wildman–Crippen LogP) is 3.47. The van der Waals surface area contributed by atoms with Crippen molar-refractivity contribution in [3.8, 4) is 5.75 Å². The van der Waals surface area contributed by atoms with E-state index < -0.39 is 5.97 Å². The monoisotopic (exact) mass is 281 g/mol. The van der Waals surface area contributed by atoms with Gasteiger partial charge in [-0.25, -0.2) is 4.79 Å². The van der Waals surface area contributed by atoms with Crippen molar-refractivity contribution in [2.24, 2.45) is 0 Å². The molecule has 2 N–H and O–H groups in total. The molecule has 0 atom stereocenters. The summed E-state index contributed by atoms with van der Waals surface area (Å²) in [7, 11) is 1.55. The summed E-state index contributed by atoms with van der Waals surface area (Å²) < 4.78 is 5.31. The average molecular weight is 281 g/mol. The van der Waals surface area contributed by atoms with Crippen LogP contribution in [-0.2, 0) is 6.42 Å². The van der Waals surface area contributed by atoms with Crippen molar-refractivity contribution in [2.75, 3.05) is 7.11 Å². The summed E-state index contributed by atoms with van der Waals surface area (Å²) in [5, 5.41) is 10.2.